The molecule has 2 amide bonds. The molecular weight excluding hydrogens is 380 g/mol. The predicted molar refractivity (Wildman–Crippen MR) is 106 cm³/mol. The molecular formula is C19H20N4O6. The normalized spacial score (nSPS) is 10.0. The number of rotatable bonds is 8. The third-order valence-corrected chi connectivity index (χ3v) is 3.74. The molecule has 2 N–H and O–H groups in total. The number of nitrogens with one attached hydrogen (secondary N) is 2. The molecule has 0 aliphatic carbocycles. The highest BCUT2D eigenvalue weighted by Gasteiger charge is 2.14. The maximum absolute atomic E-state index is 12.0. The summed E-state index contributed by atoms with van der Waals surface area (Å²) in [5.41, 5.74) is 1.31. The Kier molecular flexibility index (Phi) is 7.24. The minimum Gasteiger partial charge on any atom is -0.454 e. The van der Waals surface area contributed by atoms with Crippen molar-refractivity contribution in [1.82, 2.24) is 5.32 Å². The topological polar surface area (TPSA) is 131 Å². The van der Waals surface area contributed by atoms with Crippen molar-refractivity contribution in [2.45, 2.75) is 0 Å². The van der Waals surface area contributed by atoms with E-state index in [1.807, 2.05) is 31.1 Å². The van der Waals surface area contributed by atoms with Crippen molar-refractivity contribution in [2.75, 3.05) is 37.5 Å². The second-order valence-electron chi connectivity index (χ2n) is 6.14. The Labute approximate surface area is 166 Å². The molecule has 10 heteroatoms. The Morgan fingerprint density at radius 1 is 1.10 bits per heavy atom. The van der Waals surface area contributed by atoms with Gasteiger partial charge in [-0.05, 0) is 30.3 Å². The number of anilines is 2. The number of hydrogen-bond acceptors (Lipinski definition) is 7. The van der Waals surface area contributed by atoms with Crippen LogP contribution in [0.4, 0.5) is 17.1 Å². The number of benzene rings is 2. The smallest absolute Gasteiger partial charge is 0.325 e. The summed E-state index contributed by atoms with van der Waals surface area (Å²) in [5, 5.41) is 15.6. The fraction of sp³-hybridized carbons (Fsp3) is 0.211. The first kappa shape index (κ1) is 21.4. The fourth-order valence-electron chi connectivity index (χ4n) is 2.25. The number of carbonyl (C=O) groups is 3. The molecule has 0 atom stereocenters. The van der Waals surface area contributed by atoms with Gasteiger partial charge in [0.15, 0.2) is 6.61 Å². The van der Waals surface area contributed by atoms with Crippen LogP contribution in [0.3, 0.4) is 0 Å². The molecule has 0 heterocycles. The van der Waals surface area contributed by atoms with Crippen molar-refractivity contribution in [1.29, 1.82) is 0 Å². The van der Waals surface area contributed by atoms with E-state index in [4.69, 9.17) is 4.74 Å². The SMILES string of the molecule is CN(C)c1ccc(NC(=O)COC(=O)CNC(=O)c2cccc([N+](=O)[O-])c2)cc1. The highest BCUT2D eigenvalue weighted by Crippen LogP contribution is 2.15. The lowest BCUT2D eigenvalue weighted by molar-refractivity contribution is -0.384. The van der Waals surface area contributed by atoms with Gasteiger partial charge in [0.2, 0.25) is 0 Å². The molecule has 0 spiro atoms. The molecule has 2 aromatic carbocycles. The average molecular weight is 400 g/mol. The summed E-state index contributed by atoms with van der Waals surface area (Å²) in [4.78, 5) is 47.5. The number of nitrogens with zero attached hydrogens (tertiary/aromatic N) is 2. The first-order valence-electron chi connectivity index (χ1n) is 8.52. The lowest BCUT2D eigenvalue weighted by Gasteiger charge is -2.13. The minimum absolute atomic E-state index is 0.0333. The number of non-ortho nitro benzene ring substituents is 1. The lowest BCUT2D eigenvalue weighted by atomic mass is 10.2. The Bertz CT molecular complexity index is 911. The van der Waals surface area contributed by atoms with Crippen LogP contribution in [0.2, 0.25) is 0 Å². The molecule has 2 rings (SSSR count). The van der Waals surface area contributed by atoms with Crippen LogP contribution in [-0.4, -0.2) is 50.0 Å². The zero-order valence-electron chi connectivity index (χ0n) is 15.9. The van der Waals surface area contributed by atoms with Crippen LogP contribution >= 0.6 is 0 Å². The Balaban J connectivity index is 1.76. The number of amides is 2. The van der Waals surface area contributed by atoms with Gasteiger partial charge in [-0.3, -0.25) is 24.5 Å². The van der Waals surface area contributed by atoms with E-state index in [2.05, 4.69) is 10.6 Å². The second kappa shape index (κ2) is 9.83. The van der Waals surface area contributed by atoms with Gasteiger partial charge in [-0.2, -0.15) is 0 Å². The third-order valence-electron chi connectivity index (χ3n) is 3.74. The summed E-state index contributed by atoms with van der Waals surface area (Å²) >= 11 is 0. The van der Waals surface area contributed by atoms with E-state index < -0.39 is 35.9 Å². The van der Waals surface area contributed by atoms with Crippen molar-refractivity contribution in [3.8, 4) is 0 Å². The number of nitro benzene ring substituents is 1. The van der Waals surface area contributed by atoms with Gasteiger partial charge in [-0.1, -0.05) is 6.07 Å². The monoisotopic (exact) mass is 400 g/mol. The van der Waals surface area contributed by atoms with Crippen LogP contribution in [0.1, 0.15) is 10.4 Å². The van der Waals surface area contributed by atoms with Crippen LogP contribution in [0.5, 0.6) is 0 Å². The molecule has 0 saturated carbocycles. The molecule has 152 valence electrons. The number of carbonyl (C=O) groups excluding carboxylic acids is 3. The van der Waals surface area contributed by atoms with Crippen molar-refractivity contribution in [2.24, 2.45) is 0 Å². The number of nitro groups is 1. The van der Waals surface area contributed by atoms with Gasteiger partial charge in [-0.15, -0.1) is 0 Å². The molecule has 0 aromatic heterocycles. The van der Waals surface area contributed by atoms with Gasteiger partial charge in [0.1, 0.15) is 6.54 Å². The van der Waals surface area contributed by atoms with Crippen LogP contribution in [0.15, 0.2) is 48.5 Å². The zero-order chi connectivity index (χ0) is 21.4. The molecule has 0 aliphatic rings. The summed E-state index contributed by atoms with van der Waals surface area (Å²) in [7, 11) is 3.79. The molecule has 29 heavy (non-hydrogen) atoms. The molecule has 2 aromatic rings. The van der Waals surface area contributed by atoms with E-state index in [1.54, 1.807) is 12.1 Å². The van der Waals surface area contributed by atoms with Crippen molar-refractivity contribution >= 4 is 34.8 Å². The Morgan fingerprint density at radius 3 is 2.41 bits per heavy atom. The molecule has 0 fully saturated rings. The fourth-order valence-corrected chi connectivity index (χ4v) is 2.25. The van der Waals surface area contributed by atoms with E-state index in [9.17, 15) is 24.5 Å². The van der Waals surface area contributed by atoms with E-state index in [-0.39, 0.29) is 11.3 Å². The number of ether oxygens (including phenoxy) is 1. The molecule has 0 saturated heterocycles. The molecule has 0 unspecified atom stereocenters. The van der Waals surface area contributed by atoms with Crippen molar-refractivity contribution < 1.29 is 24.0 Å². The molecule has 10 nitrogen and oxygen atoms in total. The number of esters is 1. The molecule has 0 aliphatic heterocycles. The zero-order valence-corrected chi connectivity index (χ0v) is 15.9. The van der Waals surface area contributed by atoms with Crippen molar-refractivity contribution in [3.63, 3.8) is 0 Å². The lowest BCUT2D eigenvalue weighted by Crippen LogP contribution is -2.32. The Hall–Kier alpha value is -3.95. The van der Waals surface area contributed by atoms with Gasteiger partial charge >= 0.3 is 5.97 Å². The molecule has 0 bridgehead atoms. The molecule has 0 radical (unpaired) electrons. The summed E-state index contributed by atoms with van der Waals surface area (Å²) in [6.07, 6.45) is 0. The van der Waals surface area contributed by atoms with E-state index in [0.29, 0.717) is 5.69 Å². The third kappa shape index (κ3) is 6.61. The van der Waals surface area contributed by atoms with Gasteiger partial charge in [0, 0.05) is 43.2 Å². The van der Waals surface area contributed by atoms with Crippen LogP contribution in [0.25, 0.3) is 0 Å². The summed E-state index contributed by atoms with van der Waals surface area (Å²) < 4.78 is 4.80. The average Bonchev–Trinajstić information content (AvgIpc) is 2.70. The first-order valence-corrected chi connectivity index (χ1v) is 8.52. The maximum atomic E-state index is 12.0. The van der Waals surface area contributed by atoms with Crippen LogP contribution < -0.4 is 15.5 Å². The van der Waals surface area contributed by atoms with Gasteiger partial charge in [0.05, 0.1) is 4.92 Å². The largest absolute Gasteiger partial charge is 0.454 e. The maximum Gasteiger partial charge on any atom is 0.325 e. The minimum atomic E-state index is -0.818. The van der Waals surface area contributed by atoms with Gasteiger partial charge in [-0.25, -0.2) is 0 Å². The van der Waals surface area contributed by atoms with Gasteiger partial charge in [0.25, 0.3) is 17.5 Å². The van der Waals surface area contributed by atoms with Crippen molar-refractivity contribution in [3.05, 3.63) is 64.2 Å². The van der Waals surface area contributed by atoms with E-state index in [0.717, 1.165) is 11.8 Å². The first-order chi connectivity index (χ1) is 13.8. The number of hydrogen-bond donors (Lipinski definition) is 2. The highest BCUT2D eigenvalue weighted by atomic mass is 16.6. The predicted octanol–water partition coefficient (Wildman–Crippen LogP) is 1.57. The van der Waals surface area contributed by atoms with E-state index in [1.165, 1.54) is 18.2 Å². The standard InChI is InChI=1S/C19H20N4O6/c1-22(2)15-8-6-14(7-9-15)21-17(24)12-29-18(25)11-20-19(26)13-4-3-5-16(10-13)23(27)28/h3-10H,11-12H2,1-2H3,(H,20,26)(H,21,24). The summed E-state index contributed by atoms with van der Waals surface area (Å²) in [5.74, 6) is -2.01. The van der Waals surface area contributed by atoms with Crippen LogP contribution in [-0.2, 0) is 14.3 Å². The summed E-state index contributed by atoms with van der Waals surface area (Å²) in [6.45, 7) is -0.993. The van der Waals surface area contributed by atoms with Gasteiger partial charge < -0.3 is 20.3 Å². The van der Waals surface area contributed by atoms with E-state index >= 15 is 0 Å². The second-order valence-corrected chi connectivity index (χ2v) is 6.14. The highest BCUT2D eigenvalue weighted by molar-refractivity contribution is 5.97. The quantitative estimate of drug-likeness (QED) is 0.391. The Morgan fingerprint density at radius 2 is 1.79 bits per heavy atom. The van der Waals surface area contributed by atoms with Crippen LogP contribution in [0, 0.1) is 10.1 Å². The summed E-state index contributed by atoms with van der Waals surface area (Å²) in [6, 6.07) is 12.2.